The molecule has 1 atom stereocenters. The van der Waals surface area contributed by atoms with Gasteiger partial charge in [-0.1, -0.05) is 12.1 Å². The van der Waals surface area contributed by atoms with Gasteiger partial charge in [0.2, 0.25) is 10.0 Å². The molecule has 1 saturated heterocycles. The molecule has 1 heterocycles. The molecule has 1 unspecified atom stereocenters. The van der Waals surface area contributed by atoms with Crippen LogP contribution in [-0.2, 0) is 10.0 Å². The fourth-order valence-electron chi connectivity index (χ4n) is 2.66. The molecule has 0 radical (unpaired) electrons. The van der Waals surface area contributed by atoms with Crippen LogP contribution in [0.3, 0.4) is 0 Å². The number of rotatable bonds is 5. The van der Waals surface area contributed by atoms with Crippen LogP contribution >= 0.6 is 0 Å². The summed E-state index contributed by atoms with van der Waals surface area (Å²) in [5.74, 6) is 0.442. The second-order valence-corrected chi connectivity index (χ2v) is 7.19. The van der Waals surface area contributed by atoms with Crippen molar-refractivity contribution >= 4 is 15.9 Å². The third-order valence-corrected chi connectivity index (χ3v) is 4.27. The third-order valence-electron chi connectivity index (χ3n) is 3.51. The molecule has 0 aromatic heterocycles. The van der Waals surface area contributed by atoms with Crippen molar-refractivity contribution in [3.63, 3.8) is 0 Å². The van der Waals surface area contributed by atoms with E-state index in [2.05, 4.69) is 4.72 Å². The van der Waals surface area contributed by atoms with Crippen molar-refractivity contribution < 1.29 is 17.9 Å². The average Bonchev–Trinajstić information content (AvgIpc) is 2.46. The summed E-state index contributed by atoms with van der Waals surface area (Å²) in [5, 5.41) is 0. The number of hydrogen-bond acceptors (Lipinski definition) is 4. The Morgan fingerprint density at radius 2 is 2.14 bits per heavy atom. The third kappa shape index (κ3) is 4.45. The quantitative estimate of drug-likeness (QED) is 0.883. The summed E-state index contributed by atoms with van der Waals surface area (Å²) in [7, 11) is -3.27. The molecule has 122 valence electrons. The van der Waals surface area contributed by atoms with E-state index in [4.69, 9.17) is 4.74 Å². The van der Waals surface area contributed by atoms with E-state index in [9.17, 15) is 13.2 Å². The fourth-order valence-corrected chi connectivity index (χ4v) is 3.45. The number of nitrogens with zero attached hydrogens (tertiary/aromatic N) is 1. The van der Waals surface area contributed by atoms with E-state index in [0.717, 1.165) is 19.1 Å². The summed E-state index contributed by atoms with van der Waals surface area (Å²) >= 11 is 0. The largest absolute Gasteiger partial charge is 0.493 e. The Kier molecular flexibility index (Phi) is 5.42. The average molecular weight is 326 g/mol. The molecule has 22 heavy (non-hydrogen) atoms. The van der Waals surface area contributed by atoms with Gasteiger partial charge in [-0.2, -0.15) is 0 Å². The number of nitrogens with one attached hydrogen (secondary N) is 1. The number of hydrogen-bond donors (Lipinski definition) is 1. The lowest BCUT2D eigenvalue weighted by atomic mass is 10.0. The summed E-state index contributed by atoms with van der Waals surface area (Å²) in [6.07, 6.45) is 2.65. The molecular weight excluding hydrogens is 304 g/mol. The first-order valence-corrected chi connectivity index (χ1v) is 9.28. The van der Waals surface area contributed by atoms with Crippen LogP contribution in [-0.4, -0.2) is 51.2 Å². The van der Waals surface area contributed by atoms with E-state index in [-0.39, 0.29) is 11.9 Å². The van der Waals surface area contributed by atoms with Gasteiger partial charge in [-0.05, 0) is 31.9 Å². The number of para-hydroxylation sites is 1. The maximum absolute atomic E-state index is 12.7. The standard InChI is InChI=1S/C15H22N2O4S/c1-3-21-14-9-5-4-8-13(14)15(18)17-10-6-7-12(11-17)16-22(2,19)20/h4-5,8-9,12,16H,3,6-7,10-11H2,1-2H3. The summed E-state index contributed by atoms with van der Waals surface area (Å²) in [6.45, 7) is 3.37. The molecule has 6 nitrogen and oxygen atoms in total. The minimum absolute atomic E-state index is 0.121. The first-order chi connectivity index (χ1) is 10.4. The summed E-state index contributed by atoms with van der Waals surface area (Å²) < 4.78 is 30.8. The van der Waals surface area contributed by atoms with Gasteiger partial charge in [0.15, 0.2) is 0 Å². The number of carbonyl (C=O) groups excluding carboxylic acids is 1. The van der Waals surface area contributed by atoms with Gasteiger partial charge in [0.05, 0.1) is 18.4 Å². The minimum atomic E-state index is -3.27. The Hall–Kier alpha value is -1.60. The van der Waals surface area contributed by atoms with Crippen molar-refractivity contribution in [1.29, 1.82) is 0 Å². The number of carbonyl (C=O) groups is 1. The van der Waals surface area contributed by atoms with Crippen molar-refractivity contribution in [3.8, 4) is 5.75 Å². The molecule has 7 heteroatoms. The van der Waals surface area contributed by atoms with Crippen LogP contribution in [0.1, 0.15) is 30.1 Å². The smallest absolute Gasteiger partial charge is 0.257 e. The predicted molar refractivity (Wildman–Crippen MR) is 84.5 cm³/mol. The van der Waals surface area contributed by atoms with Crippen LogP contribution in [0.25, 0.3) is 0 Å². The molecule has 0 aliphatic carbocycles. The lowest BCUT2D eigenvalue weighted by molar-refractivity contribution is 0.0699. The molecule has 0 saturated carbocycles. The van der Waals surface area contributed by atoms with Gasteiger partial charge in [0.25, 0.3) is 5.91 Å². The molecule has 1 N–H and O–H groups in total. The van der Waals surface area contributed by atoms with Gasteiger partial charge in [0, 0.05) is 19.1 Å². The summed E-state index contributed by atoms with van der Waals surface area (Å²) in [6, 6.07) is 6.90. The Balaban J connectivity index is 2.12. The lowest BCUT2D eigenvalue weighted by Gasteiger charge is -2.33. The molecular formula is C15H22N2O4S. The predicted octanol–water partition coefficient (Wildman–Crippen LogP) is 1.24. The van der Waals surface area contributed by atoms with Crippen LogP contribution < -0.4 is 9.46 Å². The number of benzene rings is 1. The molecule has 0 spiro atoms. The van der Waals surface area contributed by atoms with E-state index in [1.807, 2.05) is 13.0 Å². The molecule has 1 amide bonds. The first-order valence-electron chi connectivity index (χ1n) is 7.39. The Bertz CT molecular complexity index is 630. The van der Waals surface area contributed by atoms with E-state index < -0.39 is 10.0 Å². The topological polar surface area (TPSA) is 75.7 Å². The molecule has 0 bridgehead atoms. The van der Waals surface area contributed by atoms with Gasteiger partial charge < -0.3 is 9.64 Å². The Labute approximate surface area is 131 Å². The second kappa shape index (κ2) is 7.11. The number of likely N-dealkylation sites (tertiary alicyclic amines) is 1. The highest BCUT2D eigenvalue weighted by Gasteiger charge is 2.27. The minimum Gasteiger partial charge on any atom is -0.493 e. The second-order valence-electron chi connectivity index (χ2n) is 5.41. The van der Waals surface area contributed by atoms with Crippen molar-refractivity contribution in [3.05, 3.63) is 29.8 Å². The lowest BCUT2D eigenvalue weighted by Crippen LogP contribution is -2.49. The van der Waals surface area contributed by atoms with Crippen LogP contribution in [0.2, 0.25) is 0 Å². The van der Waals surface area contributed by atoms with Crippen LogP contribution in [0.5, 0.6) is 5.75 Å². The maximum Gasteiger partial charge on any atom is 0.257 e. The van der Waals surface area contributed by atoms with Gasteiger partial charge in [0.1, 0.15) is 5.75 Å². The number of ether oxygens (including phenoxy) is 1. The Morgan fingerprint density at radius 3 is 2.82 bits per heavy atom. The molecule has 1 aromatic carbocycles. The molecule has 1 fully saturated rings. The van der Waals surface area contributed by atoms with Crippen molar-refractivity contribution in [2.45, 2.75) is 25.8 Å². The number of piperidine rings is 1. The van der Waals surface area contributed by atoms with Gasteiger partial charge in [-0.3, -0.25) is 4.79 Å². The van der Waals surface area contributed by atoms with Gasteiger partial charge in [-0.15, -0.1) is 0 Å². The molecule has 1 aliphatic heterocycles. The highest BCUT2D eigenvalue weighted by Crippen LogP contribution is 2.22. The normalized spacial score (nSPS) is 19.0. The van der Waals surface area contributed by atoms with Crippen LogP contribution in [0, 0.1) is 0 Å². The van der Waals surface area contributed by atoms with E-state index in [0.29, 0.717) is 31.0 Å². The van der Waals surface area contributed by atoms with Crippen LogP contribution in [0.15, 0.2) is 24.3 Å². The zero-order chi connectivity index (χ0) is 16.2. The van der Waals surface area contributed by atoms with E-state index in [1.165, 1.54) is 0 Å². The van der Waals surface area contributed by atoms with E-state index >= 15 is 0 Å². The van der Waals surface area contributed by atoms with Crippen molar-refractivity contribution in [2.24, 2.45) is 0 Å². The first kappa shape index (κ1) is 16.8. The van der Waals surface area contributed by atoms with Gasteiger partial charge in [-0.25, -0.2) is 13.1 Å². The monoisotopic (exact) mass is 326 g/mol. The van der Waals surface area contributed by atoms with Crippen molar-refractivity contribution in [2.75, 3.05) is 26.0 Å². The molecule has 1 aromatic rings. The maximum atomic E-state index is 12.7. The van der Waals surface area contributed by atoms with E-state index in [1.54, 1.807) is 23.1 Å². The fraction of sp³-hybridized carbons (Fsp3) is 0.533. The van der Waals surface area contributed by atoms with Gasteiger partial charge >= 0.3 is 0 Å². The number of amides is 1. The molecule has 2 rings (SSSR count). The summed E-state index contributed by atoms with van der Waals surface area (Å²) in [4.78, 5) is 14.4. The SMILES string of the molecule is CCOc1ccccc1C(=O)N1CCCC(NS(C)(=O)=O)C1. The zero-order valence-electron chi connectivity index (χ0n) is 12.9. The highest BCUT2D eigenvalue weighted by molar-refractivity contribution is 7.88. The Morgan fingerprint density at radius 1 is 1.41 bits per heavy atom. The highest BCUT2D eigenvalue weighted by atomic mass is 32.2. The van der Waals surface area contributed by atoms with Crippen LogP contribution in [0.4, 0.5) is 0 Å². The number of sulfonamides is 1. The zero-order valence-corrected chi connectivity index (χ0v) is 13.7. The summed E-state index contributed by atoms with van der Waals surface area (Å²) in [5.41, 5.74) is 0.518. The van der Waals surface area contributed by atoms with Crippen molar-refractivity contribution in [1.82, 2.24) is 9.62 Å². The molecule has 1 aliphatic rings.